The maximum absolute atomic E-state index is 13.8. The van der Waals surface area contributed by atoms with Crippen molar-refractivity contribution in [3.63, 3.8) is 0 Å². The topological polar surface area (TPSA) is 49.3 Å². The molecule has 2 rings (SSSR count). The van der Waals surface area contributed by atoms with Crippen LogP contribution in [0.5, 0.6) is 0 Å². The van der Waals surface area contributed by atoms with Gasteiger partial charge in [0.1, 0.15) is 10.8 Å². The molecular weight excluding hydrogens is 379 g/mol. The average Bonchev–Trinajstić information content (AvgIpc) is 3.01. The highest BCUT2D eigenvalue weighted by atomic mass is 79.9. The highest BCUT2D eigenvalue weighted by Crippen LogP contribution is 2.16. The van der Waals surface area contributed by atoms with Crippen molar-refractivity contribution < 1.29 is 4.39 Å². The van der Waals surface area contributed by atoms with Gasteiger partial charge in [0.25, 0.3) is 0 Å². The van der Waals surface area contributed by atoms with Gasteiger partial charge < -0.3 is 10.6 Å². The van der Waals surface area contributed by atoms with Gasteiger partial charge in [-0.2, -0.15) is 0 Å². The average molecular weight is 399 g/mol. The zero-order valence-electron chi connectivity index (χ0n) is 13.2. The summed E-state index contributed by atoms with van der Waals surface area (Å²) in [5.41, 5.74) is 0.555. The number of hydrogen-bond acceptors (Lipinski definition) is 3. The number of aliphatic imine (C=N–C) groups is 1. The summed E-state index contributed by atoms with van der Waals surface area (Å²) in [4.78, 5) is 10.1. The van der Waals surface area contributed by atoms with Crippen LogP contribution in [0.2, 0.25) is 0 Å². The van der Waals surface area contributed by atoms with Crippen molar-refractivity contribution in [3.8, 4) is 0 Å². The Morgan fingerprint density at radius 2 is 2.17 bits per heavy atom. The molecule has 1 aromatic heterocycles. The Morgan fingerprint density at radius 1 is 1.35 bits per heavy atom. The van der Waals surface area contributed by atoms with Crippen molar-refractivity contribution in [3.05, 3.63) is 50.1 Å². The third kappa shape index (κ3) is 5.58. The quantitative estimate of drug-likeness (QED) is 0.573. The van der Waals surface area contributed by atoms with Gasteiger partial charge in [0.05, 0.1) is 13.1 Å². The summed E-state index contributed by atoms with van der Waals surface area (Å²) in [5.74, 6) is 0.403. The fraction of sp³-hybridized carbons (Fsp3) is 0.375. The predicted molar refractivity (Wildman–Crippen MR) is 97.2 cm³/mol. The van der Waals surface area contributed by atoms with Crippen molar-refractivity contribution in [2.45, 2.75) is 33.4 Å². The smallest absolute Gasteiger partial charge is 0.191 e. The molecule has 0 spiro atoms. The van der Waals surface area contributed by atoms with E-state index in [9.17, 15) is 4.39 Å². The summed E-state index contributed by atoms with van der Waals surface area (Å²) in [5, 5.41) is 7.41. The number of thiazole rings is 1. The molecule has 0 aliphatic rings. The lowest BCUT2D eigenvalue weighted by Crippen LogP contribution is -2.36. The summed E-state index contributed by atoms with van der Waals surface area (Å²) >= 11 is 5.04. The fourth-order valence-corrected chi connectivity index (χ4v) is 3.13. The molecule has 0 bridgehead atoms. The van der Waals surface area contributed by atoms with Crippen LogP contribution in [0.15, 0.2) is 33.9 Å². The predicted octanol–water partition coefficient (Wildman–Crippen LogP) is 3.86. The summed E-state index contributed by atoms with van der Waals surface area (Å²) in [6.07, 6.45) is 2.90. The number of aromatic nitrogens is 1. The minimum atomic E-state index is -0.250. The van der Waals surface area contributed by atoms with E-state index in [1.807, 2.05) is 13.1 Å². The molecule has 2 aromatic rings. The van der Waals surface area contributed by atoms with Gasteiger partial charge in [-0.05, 0) is 31.5 Å². The molecule has 1 aromatic carbocycles. The van der Waals surface area contributed by atoms with E-state index in [0.29, 0.717) is 18.1 Å². The first kappa shape index (κ1) is 17.9. The van der Waals surface area contributed by atoms with Gasteiger partial charge in [0, 0.05) is 27.7 Å². The van der Waals surface area contributed by atoms with Crippen molar-refractivity contribution in [2.24, 2.45) is 4.99 Å². The fourth-order valence-electron chi connectivity index (χ4n) is 1.92. The first-order valence-corrected chi connectivity index (χ1v) is 9.13. The van der Waals surface area contributed by atoms with Crippen LogP contribution in [0, 0.1) is 5.82 Å². The molecule has 23 heavy (non-hydrogen) atoms. The van der Waals surface area contributed by atoms with Gasteiger partial charge in [-0.1, -0.05) is 22.9 Å². The molecule has 2 N–H and O–H groups in total. The Hall–Kier alpha value is -1.47. The second kappa shape index (κ2) is 8.98. The molecule has 0 atom stereocenters. The van der Waals surface area contributed by atoms with Crippen molar-refractivity contribution >= 4 is 33.2 Å². The van der Waals surface area contributed by atoms with Gasteiger partial charge in [-0.3, -0.25) is 0 Å². The molecule has 0 fully saturated rings. The number of benzene rings is 1. The van der Waals surface area contributed by atoms with E-state index in [1.54, 1.807) is 23.5 Å². The summed E-state index contributed by atoms with van der Waals surface area (Å²) in [6.45, 7) is 5.74. The van der Waals surface area contributed by atoms with E-state index < -0.39 is 0 Å². The van der Waals surface area contributed by atoms with Gasteiger partial charge >= 0.3 is 0 Å². The van der Waals surface area contributed by atoms with E-state index in [2.05, 4.69) is 43.5 Å². The Kier molecular flexibility index (Phi) is 6.98. The lowest BCUT2D eigenvalue weighted by Gasteiger charge is -2.10. The minimum absolute atomic E-state index is 0.250. The maximum Gasteiger partial charge on any atom is 0.191 e. The van der Waals surface area contributed by atoms with E-state index in [0.717, 1.165) is 22.4 Å². The molecule has 1 heterocycles. The second-order valence-corrected chi connectivity index (χ2v) is 6.97. The van der Waals surface area contributed by atoms with Crippen LogP contribution >= 0.6 is 27.3 Å². The Labute approximate surface area is 148 Å². The summed E-state index contributed by atoms with van der Waals surface area (Å²) in [6, 6.07) is 4.87. The van der Waals surface area contributed by atoms with E-state index in [4.69, 9.17) is 0 Å². The third-order valence-corrected chi connectivity index (χ3v) is 4.75. The van der Waals surface area contributed by atoms with Crippen LogP contribution in [-0.4, -0.2) is 17.5 Å². The lowest BCUT2D eigenvalue weighted by molar-refractivity contribution is 0.610. The molecule has 0 saturated heterocycles. The van der Waals surface area contributed by atoms with E-state index in [1.165, 1.54) is 10.9 Å². The first-order valence-electron chi connectivity index (χ1n) is 7.52. The van der Waals surface area contributed by atoms with Gasteiger partial charge in [-0.25, -0.2) is 14.4 Å². The van der Waals surface area contributed by atoms with Crippen LogP contribution in [0.3, 0.4) is 0 Å². The molecule has 0 aliphatic carbocycles. The number of guanidine groups is 1. The van der Waals surface area contributed by atoms with Crippen LogP contribution in [0.4, 0.5) is 4.39 Å². The monoisotopic (exact) mass is 398 g/mol. The van der Waals surface area contributed by atoms with Gasteiger partial charge in [-0.15, -0.1) is 11.3 Å². The summed E-state index contributed by atoms with van der Waals surface area (Å²) in [7, 11) is 0. The summed E-state index contributed by atoms with van der Waals surface area (Å²) < 4.78 is 14.6. The zero-order chi connectivity index (χ0) is 16.7. The lowest BCUT2D eigenvalue weighted by atomic mass is 10.2. The molecule has 0 saturated carbocycles. The normalized spacial score (nSPS) is 11.6. The van der Waals surface area contributed by atoms with E-state index in [-0.39, 0.29) is 12.4 Å². The number of rotatable bonds is 6. The van der Waals surface area contributed by atoms with Crippen molar-refractivity contribution in [1.29, 1.82) is 0 Å². The molecule has 4 nitrogen and oxygen atoms in total. The van der Waals surface area contributed by atoms with Gasteiger partial charge in [0.2, 0.25) is 0 Å². The molecular formula is C16H20BrFN4S. The second-order valence-electron chi connectivity index (χ2n) is 4.86. The zero-order valence-corrected chi connectivity index (χ0v) is 15.6. The Balaban J connectivity index is 2.00. The third-order valence-electron chi connectivity index (χ3n) is 3.12. The molecule has 7 heteroatoms. The minimum Gasteiger partial charge on any atom is -0.357 e. The highest BCUT2D eigenvalue weighted by Gasteiger charge is 2.05. The SMILES string of the molecule is CCNC(=NCc1cc(Br)ccc1F)NCc1ncc(CC)s1. The standard InChI is InChI=1S/C16H20BrFN4S/c1-3-13-9-20-15(23-13)10-22-16(19-4-2)21-8-11-7-12(17)5-6-14(11)18/h5-7,9H,3-4,8,10H2,1-2H3,(H2,19,21,22). The molecule has 0 aliphatic heterocycles. The van der Waals surface area contributed by atoms with Crippen molar-refractivity contribution in [1.82, 2.24) is 15.6 Å². The number of aryl methyl sites for hydroxylation is 1. The highest BCUT2D eigenvalue weighted by molar-refractivity contribution is 9.10. The van der Waals surface area contributed by atoms with Gasteiger partial charge in [0.15, 0.2) is 5.96 Å². The number of nitrogens with one attached hydrogen (secondary N) is 2. The molecule has 0 unspecified atom stereocenters. The Bertz CT molecular complexity index is 672. The largest absolute Gasteiger partial charge is 0.357 e. The first-order chi connectivity index (χ1) is 11.1. The van der Waals surface area contributed by atoms with Crippen LogP contribution in [0.25, 0.3) is 0 Å². The van der Waals surface area contributed by atoms with Crippen molar-refractivity contribution in [2.75, 3.05) is 6.54 Å². The van der Waals surface area contributed by atoms with Crippen LogP contribution in [0.1, 0.15) is 29.3 Å². The maximum atomic E-state index is 13.8. The van der Waals surface area contributed by atoms with Crippen LogP contribution in [-0.2, 0) is 19.5 Å². The molecule has 0 radical (unpaired) electrons. The van der Waals surface area contributed by atoms with Crippen LogP contribution < -0.4 is 10.6 Å². The van der Waals surface area contributed by atoms with E-state index >= 15 is 0 Å². The number of hydrogen-bond donors (Lipinski definition) is 2. The Morgan fingerprint density at radius 3 is 2.87 bits per heavy atom. The number of nitrogens with zero attached hydrogens (tertiary/aromatic N) is 2. The molecule has 124 valence electrons. The molecule has 0 amide bonds. The number of halogens is 2.